The number of benzene rings is 2. The van der Waals surface area contributed by atoms with E-state index in [0.29, 0.717) is 22.5 Å². The van der Waals surface area contributed by atoms with E-state index in [2.05, 4.69) is 30.7 Å². The molecule has 2 aromatic carbocycles. The highest BCUT2D eigenvalue weighted by Crippen LogP contribution is 2.24. The van der Waals surface area contributed by atoms with Gasteiger partial charge in [-0.2, -0.15) is 0 Å². The Morgan fingerprint density at radius 3 is 2.69 bits per heavy atom. The normalized spacial score (nSPS) is 10.8. The van der Waals surface area contributed by atoms with Gasteiger partial charge in [0, 0.05) is 12.1 Å². The molecule has 0 aliphatic heterocycles. The van der Waals surface area contributed by atoms with Crippen LogP contribution in [0.15, 0.2) is 59.8 Å². The smallest absolute Gasteiger partial charge is 0.282 e. The fourth-order valence-electron chi connectivity index (χ4n) is 2.54. The molecule has 4 rings (SSSR count). The summed E-state index contributed by atoms with van der Waals surface area (Å²) in [4.78, 5) is 16.8. The number of nitrogens with zero attached hydrogens (tertiary/aromatic N) is 4. The van der Waals surface area contributed by atoms with Gasteiger partial charge >= 0.3 is 0 Å². The molecule has 0 aliphatic rings. The third kappa shape index (κ3) is 5.07. The largest absolute Gasteiger partial charge is 0.346 e. The van der Waals surface area contributed by atoms with E-state index in [1.165, 1.54) is 28.7 Å². The Balaban J connectivity index is 1.31. The van der Waals surface area contributed by atoms with E-state index in [1.54, 1.807) is 0 Å². The first-order valence-corrected chi connectivity index (χ1v) is 10.7. The third-order valence-electron chi connectivity index (χ3n) is 4.07. The van der Waals surface area contributed by atoms with Crippen LogP contribution in [-0.4, -0.2) is 31.3 Å². The molecule has 146 valence electrons. The van der Waals surface area contributed by atoms with Gasteiger partial charge in [-0.25, -0.2) is 4.98 Å². The van der Waals surface area contributed by atoms with Crippen molar-refractivity contribution in [3.05, 3.63) is 75.7 Å². The Morgan fingerprint density at radius 1 is 1.10 bits per heavy atom. The Labute approximate surface area is 176 Å². The average molecular weight is 423 g/mol. The third-order valence-corrected chi connectivity index (χ3v) is 6.03. The molecular formula is C20H18N6OS2. The molecule has 0 saturated carbocycles. The van der Waals surface area contributed by atoms with Gasteiger partial charge in [0.2, 0.25) is 10.2 Å². The number of H-pyrrole nitrogens is 1. The topological polar surface area (TPSA) is 96.4 Å². The predicted molar refractivity (Wildman–Crippen MR) is 114 cm³/mol. The summed E-state index contributed by atoms with van der Waals surface area (Å²) >= 11 is 2.73. The van der Waals surface area contributed by atoms with Gasteiger partial charge in [0.15, 0.2) is 5.82 Å². The zero-order chi connectivity index (χ0) is 20.1. The van der Waals surface area contributed by atoms with Crippen molar-refractivity contribution in [2.75, 3.05) is 0 Å². The number of hydrogen-bond acceptors (Lipinski definition) is 7. The van der Waals surface area contributed by atoms with Crippen LogP contribution in [0.2, 0.25) is 0 Å². The minimum absolute atomic E-state index is 0.220. The first kappa shape index (κ1) is 19.3. The van der Waals surface area contributed by atoms with Crippen molar-refractivity contribution in [2.45, 2.75) is 24.4 Å². The van der Waals surface area contributed by atoms with Crippen LogP contribution in [-0.2, 0) is 12.3 Å². The zero-order valence-corrected chi connectivity index (χ0v) is 17.3. The number of rotatable bonds is 7. The van der Waals surface area contributed by atoms with Gasteiger partial charge in [-0.15, -0.1) is 15.3 Å². The molecule has 0 bridgehead atoms. The summed E-state index contributed by atoms with van der Waals surface area (Å²) in [6.45, 7) is 2.51. The van der Waals surface area contributed by atoms with Crippen LogP contribution in [0.5, 0.6) is 0 Å². The Hall–Kier alpha value is -3.04. The molecule has 0 atom stereocenters. The molecule has 4 aromatic rings. The van der Waals surface area contributed by atoms with Crippen LogP contribution < -0.4 is 5.32 Å². The van der Waals surface area contributed by atoms with Gasteiger partial charge in [0.05, 0.1) is 5.75 Å². The number of amides is 1. The summed E-state index contributed by atoms with van der Waals surface area (Å²) in [7, 11) is 0. The van der Waals surface area contributed by atoms with Crippen molar-refractivity contribution in [1.29, 1.82) is 0 Å². The average Bonchev–Trinajstić information content (AvgIpc) is 3.42. The maximum Gasteiger partial charge on any atom is 0.282 e. The molecule has 0 radical (unpaired) electrons. The lowest BCUT2D eigenvalue weighted by atomic mass is 10.1. The Morgan fingerprint density at radius 2 is 1.90 bits per heavy atom. The van der Waals surface area contributed by atoms with E-state index in [4.69, 9.17) is 0 Å². The minimum atomic E-state index is -0.220. The lowest BCUT2D eigenvalue weighted by Crippen LogP contribution is -2.22. The van der Waals surface area contributed by atoms with E-state index in [1.807, 2.05) is 61.5 Å². The lowest BCUT2D eigenvalue weighted by Gasteiger charge is -2.01. The molecule has 1 amide bonds. The van der Waals surface area contributed by atoms with E-state index >= 15 is 0 Å². The van der Waals surface area contributed by atoms with Crippen LogP contribution in [0.25, 0.3) is 11.4 Å². The summed E-state index contributed by atoms with van der Waals surface area (Å²) in [5, 5.41) is 19.9. The van der Waals surface area contributed by atoms with Crippen LogP contribution in [0.3, 0.4) is 0 Å². The van der Waals surface area contributed by atoms with Crippen molar-refractivity contribution >= 4 is 29.0 Å². The van der Waals surface area contributed by atoms with Gasteiger partial charge in [-0.1, -0.05) is 83.3 Å². The number of thioether (sulfide) groups is 1. The van der Waals surface area contributed by atoms with Crippen LogP contribution in [0.4, 0.5) is 0 Å². The van der Waals surface area contributed by atoms with Crippen LogP contribution in [0, 0.1) is 6.92 Å². The van der Waals surface area contributed by atoms with Crippen LogP contribution >= 0.6 is 23.1 Å². The number of aryl methyl sites for hydroxylation is 1. The SMILES string of the molecule is Cc1ccc(-c2nc(SCc3nnc(C(=O)NCc4ccccc4)s3)n[nH]2)cc1. The first-order valence-electron chi connectivity index (χ1n) is 8.94. The molecule has 0 aliphatic carbocycles. The fraction of sp³-hybridized carbons (Fsp3) is 0.150. The molecule has 29 heavy (non-hydrogen) atoms. The van der Waals surface area contributed by atoms with E-state index in [-0.39, 0.29) is 5.91 Å². The van der Waals surface area contributed by atoms with Gasteiger partial charge in [0.25, 0.3) is 5.91 Å². The molecule has 7 nitrogen and oxygen atoms in total. The number of aromatic nitrogens is 5. The molecule has 2 aromatic heterocycles. The van der Waals surface area contributed by atoms with Gasteiger partial charge < -0.3 is 5.32 Å². The fourth-order valence-corrected chi connectivity index (χ4v) is 4.08. The molecule has 2 heterocycles. The van der Waals surface area contributed by atoms with E-state index in [0.717, 1.165) is 22.0 Å². The number of carbonyl (C=O) groups excluding carboxylic acids is 1. The molecular weight excluding hydrogens is 404 g/mol. The molecule has 0 spiro atoms. The number of carbonyl (C=O) groups is 1. The number of hydrogen-bond donors (Lipinski definition) is 2. The van der Waals surface area contributed by atoms with Gasteiger partial charge in [-0.3, -0.25) is 9.89 Å². The standard InChI is InChI=1S/C20H18N6OS2/c1-13-7-9-15(10-8-13)17-22-20(26-24-17)28-12-16-23-25-19(29-16)18(27)21-11-14-5-3-2-4-6-14/h2-10H,11-12H2,1H3,(H,21,27)(H,22,24,26). The summed E-state index contributed by atoms with van der Waals surface area (Å²) in [6, 6.07) is 17.8. The maximum atomic E-state index is 12.3. The highest BCUT2D eigenvalue weighted by molar-refractivity contribution is 7.98. The Kier molecular flexibility index (Phi) is 5.97. The maximum absolute atomic E-state index is 12.3. The number of nitrogens with one attached hydrogen (secondary N) is 2. The summed E-state index contributed by atoms with van der Waals surface area (Å²) < 4.78 is 0. The van der Waals surface area contributed by atoms with Crippen molar-refractivity contribution < 1.29 is 4.79 Å². The van der Waals surface area contributed by atoms with Crippen molar-refractivity contribution in [3.8, 4) is 11.4 Å². The summed E-state index contributed by atoms with van der Waals surface area (Å²) in [6.07, 6.45) is 0. The predicted octanol–water partition coefficient (Wildman–Crippen LogP) is 3.85. The zero-order valence-electron chi connectivity index (χ0n) is 15.6. The molecule has 0 saturated heterocycles. The summed E-state index contributed by atoms with van der Waals surface area (Å²) in [5.74, 6) is 1.06. The van der Waals surface area contributed by atoms with E-state index < -0.39 is 0 Å². The molecule has 9 heteroatoms. The molecule has 0 unspecified atom stereocenters. The van der Waals surface area contributed by atoms with Gasteiger partial charge in [-0.05, 0) is 12.5 Å². The van der Waals surface area contributed by atoms with Crippen molar-refractivity contribution in [3.63, 3.8) is 0 Å². The minimum Gasteiger partial charge on any atom is -0.346 e. The first-order chi connectivity index (χ1) is 14.2. The number of aromatic amines is 1. The Bertz CT molecular complexity index is 1090. The van der Waals surface area contributed by atoms with E-state index in [9.17, 15) is 4.79 Å². The van der Waals surface area contributed by atoms with Crippen molar-refractivity contribution in [2.24, 2.45) is 0 Å². The van der Waals surface area contributed by atoms with Crippen LogP contribution in [0.1, 0.15) is 25.9 Å². The molecule has 2 N–H and O–H groups in total. The monoisotopic (exact) mass is 422 g/mol. The highest BCUT2D eigenvalue weighted by atomic mass is 32.2. The lowest BCUT2D eigenvalue weighted by molar-refractivity contribution is 0.0950. The van der Waals surface area contributed by atoms with Gasteiger partial charge in [0.1, 0.15) is 5.01 Å². The summed E-state index contributed by atoms with van der Waals surface area (Å²) in [5.41, 5.74) is 3.22. The second kappa shape index (κ2) is 8.97. The second-order valence-electron chi connectivity index (χ2n) is 6.29. The highest BCUT2D eigenvalue weighted by Gasteiger charge is 2.14. The van der Waals surface area contributed by atoms with Crippen molar-refractivity contribution in [1.82, 2.24) is 30.7 Å². The second-order valence-corrected chi connectivity index (χ2v) is 8.30. The quantitative estimate of drug-likeness (QED) is 0.439. The molecule has 0 fully saturated rings.